The second-order valence-electron chi connectivity index (χ2n) is 6.02. The Hall–Kier alpha value is -2.81. The molecule has 0 radical (unpaired) electrons. The molecular formula is C21H18ClN3OS. The Morgan fingerprint density at radius 1 is 1.26 bits per heavy atom. The molecule has 0 amide bonds. The molecule has 27 heavy (non-hydrogen) atoms. The molecule has 0 bridgehead atoms. The van der Waals surface area contributed by atoms with E-state index in [1.807, 2.05) is 5.38 Å². The fraction of sp³-hybridized carbons (Fsp3) is 0.143. The van der Waals surface area contributed by atoms with E-state index >= 15 is 0 Å². The largest absolute Gasteiger partial charge is 0.495 e. The number of benzene rings is 2. The summed E-state index contributed by atoms with van der Waals surface area (Å²) in [5, 5.41) is 15.9. The van der Waals surface area contributed by atoms with Crippen LogP contribution in [0.3, 0.4) is 0 Å². The van der Waals surface area contributed by atoms with Crippen LogP contribution in [-0.2, 0) is 0 Å². The van der Waals surface area contributed by atoms with E-state index in [4.69, 9.17) is 16.3 Å². The lowest BCUT2D eigenvalue weighted by Crippen LogP contribution is -1.95. The van der Waals surface area contributed by atoms with E-state index < -0.39 is 0 Å². The summed E-state index contributed by atoms with van der Waals surface area (Å²) in [4.78, 5) is 4.65. The average molecular weight is 396 g/mol. The van der Waals surface area contributed by atoms with Gasteiger partial charge in [0.25, 0.3) is 0 Å². The first-order valence-electron chi connectivity index (χ1n) is 8.25. The van der Waals surface area contributed by atoms with Crippen molar-refractivity contribution in [3.05, 3.63) is 69.1 Å². The average Bonchev–Trinajstić information content (AvgIpc) is 3.12. The second kappa shape index (κ2) is 8.26. The maximum absolute atomic E-state index is 9.56. The fourth-order valence-electron chi connectivity index (χ4n) is 2.71. The predicted molar refractivity (Wildman–Crippen MR) is 112 cm³/mol. The number of allylic oxidation sites excluding steroid dienone is 1. The molecular weight excluding hydrogens is 378 g/mol. The zero-order valence-electron chi connectivity index (χ0n) is 15.2. The maximum atomic E-state index is 9.56. The van der Waals surface area contributed by atoms with Gasteiger partial charge in [0.2, 0.25) is 0 Å². The molecule has 3 aromatic rings. The van der Waals surface area contributed by atoms with Crippen molar-refractivity contribution in [3.8, 4) is 23.1 Å². The molecule has 136 valence electrons. The third kappa shape index (κ3) is 4.30. The van der Waals surface area contributed by atoms with Crippen molar-refractivity contribution in [2.45, 2.75) is 13.8 Å². The highest BCUT2D eigenvalue weighted by molar-refractivity contribution is 7.11. The Bertz CT molecular complexity index is 1050. The van der Waals surface area contributed by atoms with Crippen molar-refractivity contribution >= 4 is 34.2 Å². The summed E-state index contributed by atoms with van der Waals surface area (Å²) in [5.74, 6) is 0.642. The number of methoxy groups -OCH3 is 1. The minimum atomic E-state index is 0.443. The summed E-state index contributed by atoms with van der Waals surface area (Å²) in [6, 6.07) is 13.7. The smallest absolute Gasteiger partial charge is 0.142 e. The number of halogens is 1. The van der Waals surface area contributed by atoms with E-state index in [2.05, 4.69) is 48.4 Å². The third-order valence-corrected chi connectivity index (χ3v) is 5.16. The van der Waals surface area contributed by atoms with E-state index in [9.17, 15) is 5.26 Å². The van der Waals surface area contributed by atoms with Crippen LogP contribution in [-0.4, -0.2) is 12.1 Å². The molecule has 0 aliphatic rings. The number of nitrogens with zero attached hydrogens (tertiary/aromatic N) is 2. The summed E-state index contributed by atoms with van der Waals surface area (Å²) < 4.78 is 5.31. The Balaban J connectivity index is 1.89. The summed E-state index contributed by atoms with van der Waals surface area (Å²) in [6.45, 7) is 4.13. The second-order valence-corrected chi connectivity index (χ2v) is 7.31. The maximum Gasteiger partial charge on any atom is 0.142 e. The quantitative estimate of drug-likeness (QED) is 0.533. The van der Waals surface area contributed by atoms with Gasteiger partial charge in [0.05, 0.1) is 18.5 Å². The van der Waals surface area contributed by atoms with Crippen LogP contribution < -0.4 is 10.1 Å². The van der Waals surface area contributed by atoms with Gasteiger partial charge in [-0.05, 0) is 37.6 Å². The van der Waals surface area contributed by atoms with Crippen LogP contribution in [0.15, 0.2) is 48.0 Å². The monoisotopic (exact) mass is 395 g/mol. The van der Waals surface area contributed by atoms with Crippen molar-refractivity contribution in [1.29, 1.82) is 5.26 Å². The summed E-state index contributed by atoms with van der Waals surface area (Å²) in [7, 11) is 1.58. The van der Waals surface area contributed by atoms with Gasteiger partial charge >= 0.3 is 0 Å². The van der Waals surface area contributed by atoms with Gasteiger partial charge in [-0.1, -0.05) is 35.4 Å². The lowest BCUT2D eigenvalue weighted by molar-refractivity contribution is 0.417. The Morgan fingerprint density at radius 3 is 2.78 bits per heavy atom. The number of nitrogens with one attached hydrogen (secondary N) is 1. The highest BCUT2D eigenvalue weighted by Gasteiger charge is 2.11. The first kappa shape index (κ1) is 19.0. The molecule has 3 rings (SSSR count). The number of nitriles is 1. The molecule has 0 fully saturated rings. The van der Waals surface area contributed by atoms with Crippen molar-refractivity contribution in [2.75, 3.05) is 12.4 Å². The van der Waals surface area contributed by atoms with Crippen LogP contribution in [0.2, 0.25) is 5.02 Å². The van der Waals surface area contributed by atoms with Gasteiger partial charge in [-0.3, -0.25) is 0 Å². The number of anilines is 1. The van der Waals surface area contributed by atoms with Crippen LogP contribution in [0.1, 0.15) is 16.1 Å². The van der Waals surface area contributed by atoms with E-state index in [1.54, 1.807) is 31.5 Å². The molecule has 0 unspecified atom stereocenters. The van der Waals surface area contributed by atoms with Gasteiger partial charge < -0.3 is 10.1 Å². The van der Waals surface area contributed by atoms with Crippen LogP contribution in [0.25, 0.3) is 16.8 Å². The first-order valence-corrected chi connectivity index (χ1v) is 9.51. The minimum absolute atomic E-state index is 0.443. The minimum Gasteiger partial charge on any atom is -0.495 e. The topological polar surface area (TPSA) is 57.9 Å². The van der Waals surface area contributed by atoms with Gasteiger partial charge in [0, 0.05) is 22.2 Å². The molecule has 6 heteroatoms. The molecule has 0 saturated carbocycles. The summed E-state index contributed by atoms with van der Waals surface area (Å²) in [5.41, 5.74) is 5.45. The van der Waals surface area contributed by atoms with E-state index in [0.29, 0.717) is 27.0 Å². The standard InChI is InChI=1S/C21H18ClN3OS/c1-13-4-6-17(14(2)8-13)19-12-27-21(25-19)15(10-23)11-24-18-9-16(22)5-7-20(18)26-3/h4-9,11-12,24H,1-3H3/b15-11+. The molecule has 0 saturated heterocycles. The normalized spacial score (nSPS) is 11.1. The van der Waals surface area contributed by atoms with E-state index in [-0.39, 0.29) is 0 Å². The molecule has 4 nitrogen and oxygen atoms in total. The fourth-order valence-corrected chi connectivity index (χ4v) is 3.66. The third-order valence-electron chi connectivity index (χ3n) is 4.05. The van der Waals surface area contributed by atoms with Gasteiger partial charge in [-0.15, -0.1) is 11.3 Å². The Labute approximate surface area is 167 Å². The number of ether oxygens (including phenoxy) is 1. The Morgan fingerprint density at radius 2 is 2.07 bits per heavy atom. The van der Waals surface area contributed by atoms with E-state index in [0.717, 1.165) is 16.8 Å². The number of hydrogen-bond donors (Lipinski definition) is 1. The van der Waals surface area contributed by atoms with Crippen LogP contribution in [0, 0.1) is 25.2 Å². The molecule has 0 spiro atoms. The van der Waals surface area contributed by atoms with Gasteiger partial charge in [0.15, 0.2) is 0 Å². The number of hydrogen-bond acceptors (Lipinski definition) is 5. The zero-order valence-corrected chi connectivity index (χ0v) is 16.8. The van der Waals surface area contributed by atoms with Crippen molar-refractivity contribution in [3.63, 3.8) is 0 Å². The summed E-state index contributed by atoms with van der Waals surface area (Å²) >= 11 is 7.48. The SMILES string of the molecule is COc1ccc(Cl)cc1N/C=C(\C#N)c1nc(-c2ccc(C)cc2C)cs1. The van der Waals surface area contributed by atoms with Crippen LogP contribution in [0.4, 0.5) is 5.69 Å². The van der Waals surface area contributed by atoms with Crippen molar-refractivity contribution in [1.82, 2.24) is 4.98 Å². The van der Waals surface area contributed by atoms with Crippen molar-refractivity contribution in [2.24, 2.45) is 0 Å². The highest BCUT2D eigenvalue weighted by atomic mass is 35.5. The number of thiazole rings is 1. The van der Waals surface area contributed by atoms with Gasteiger partial charge in [-0.25, -0.2) is 4.98 Å². The van der Waals surface area contributed by atoms with Crippen molar-refractivity contribution < 1.29 is 4.74 Å². The van der Waals surface area contributed by atoms with E-state index in [1.165, 1.54) is 16.9 Å². The van der Waals surface area contributed by atoms with Gasteiger partial charge in [0.1, 0.15) is 22.4 Å². The van der Waals surface area contributed by atoms with Gasteiger partial charge in [-0.2, -0.15) is 5.26 Å². The predicted octanol–water partition coefficient (Wildman–Crippen LogP) is 6.07. The molecule has 0 atom stereocenters. The zero-order chi connectivity index (χ0) is 19.4. The lowest BCUT2D eigenvalue weighted by atomic mass is 10.0. The summed E-state index contributed by atoms with van der Waals surface area (Å²) in [6.07, 6.45) is 1.62. The lowest BCUT2D eigenvalue weighted by Gasteiger charge is -2.08. The molecule has 0 aliphatic heterocycles. The molecule has 0 aliphatic carbocycles. The van der Waals surface area contributed by atoms with Crippen LogP contribution >= 0.6 is 22.9 Å². The molecule has 1 aromatic heterocycles. The number of rotatable bonds is 5. The number of aryl methyl sites for hydroxylation is 2. The Kier molecular flexibility index (Phi) is 5.80. The van der Waals surface area contributed by atoms with Crippen LogP contribution in [0.5, 0.6) is 5.75 Å². The molecule has 2 aromatic carbocycles. The first-order chi connectivity index (χ1) is 13.0. The molecule has 1 N–H and O–H groups in total. The number of aromatic nitrogens is 1. The highest BCUT2D eigenvalue weighted by Crippen LogP contribution is 2.30. The molecule has 1 heterocycles.